The van der Waals surface area contributed by atoms with E-state index in [2.05, 4.69) is 45.0 Å². The maximum absolute atomic E-state index is 5.94. The van der Waals surface area contributed by atoms with E-state index < -0.39 is 18.4 Å². The summed E-state index contributed by atoms with van der Waals surface area (Å²) in [5, 5.41) is 0. The van der Waals surface area contributed by atoms with Gasteiger partial charge in [0.2, 0.25) is 0 Å². The Kier molecular flexibility index (Phi) is 8.37. The van der Waals surface area contributed by atoms with Crippen LogP contribution < -0.4 is 3.71 Å². The molecule has 0 aliphatic heterocycles. The summed E-state index contributed by atoms with van der Waals surface area (Å²) in [6.45, 7) is 6.94. The number of unbranched alkanes of at least 4 members (excludes halogenated alkanes) is 3. The van der Waals surface area contributed by atoms with Crippen LogP contribution in [0.3, 0.4) is 0 Å². The Hall–Kier alpha value is -0.771. The molecule has 2 aromatic rings. The van der Waals surface area contributed by atoms with E-state index in [0.717, 1.165) is 11.5 Å². The van der Waals surface area contributed by atoms with Crippen LogP contribution in [0.2, 0.25) is 13.3 Å². The molecule has 0 atom stereocenters. The number of oxazole rings is 1. The van der Waals surface area contributed by atoms with Crippen LogP contribution in [0.25, 0.3) is 11.5 Å². The summed E-state index contributed by atoms with van der Waals surface area (Å²) < 4.78 is 11.6. The molecule has 3 heteroatoms. The van der Waals surface area contributed by atoms with Gasteiger partial charge in [-0.25, -0.2) is 0 Å². The molecule has 0 fully saturated rings. The monoisotopic (exact) mass is 435 g/mol. The SMILES string of the molecule is CCC[CH2][Sn]([CH2]CCC)([CH2]CCC)[c]1coc(-c2ccccc2)n1. The van der Waals surface area contributed by atoms with Crippen LogP contribution in [0.4, 0.5) is 0 Å². The molecule has 0 radical (unpaired) electrons. The summed E-state index contributed by atoms with van der Waals surface area (Å²) in [7, 11) is 0. The Morgan fingerprint density at radius 1 is 0.833 bits per heavy atom. The van der Waals surface area contributed by atoms with Crippen molar-refractivity contribution in [3.05, 3.63) is 36.6 Å². The van der Waals surface area contributed by atoms with Crippen LogP contribution in [0.1, 0.15) is 59.3 Å². The van der Waals surface area contributed by atoms with E-state index in [1.165, 1.54) is 55.5 Å². The van der Waals surface area contributed by atoms with E-state index in [9.17, 15) is 0 Å². The molecule has 0 saturated carbocycles. The zero-order valence-corrected chi connectivity index (χ0v) is 18.5. The fraction of sp³-hybridized carbons (Fsp3) is 0.571. The molecule has 1 heterocycles. The molecule has 0 N–H and O–H groups in total. The molecule has 0 spiro atoms. The molecule has 1 aromatic heterocycles. The second-order valence-electron chi connectivity index (χ2n) is 6.99. The van der Waals surface area contributed by atoms with Gasteiger partial charge in [0.25, 0.3) is 0 Å². The third-order valence-corrected chi connectivity index (χ3v) is 20.1. The minimum atomic E-state index is -2.44. The van der Waals surface area contributed by atoms with Gasteiger partial charge in [-0.3, -0.25) is 0 Å². The van der Waals surface area contributed by atoms with Crippen molar-refractivity contribution in [2.24, 2.45) is 0 Å². The van der Waals surface area contributed by atoms with Crippen LogP contribution in [0, 0.1) is 0 Å². The third-order valence-electron chi connectivity index (χ3n) is 5.09. The molecule has 0 aliphatic rings. The Labute approximate surface area is 151 Å². The summed E-state index contributed by atoms with van der Waals surface area (Å²) >= 11 is -2.44. The van der Waals surface area contributed by atoms with Crippen LogP contribution in [0.15, 0.2) is 41.0 Å². The van der Waals surface area contributed by atoms with Crippen molar-refractivity contribution in [3.63, 3.8) is 0 Å². The van der Waals surface area contributed by atoms with Crippen molar-refractivity contribution in [3.8, 4) is 11.5 Å². The first-order valence-electron chi connectivity index (χ1n) is 9.77. The van der Waals surface area contributed by atoms with Gasteiger partial charge in [-0.15, -0.1) is 0 Å². The zero-order valence-electron chi connectivity index (χ0n) is 15.7. The van der Waals surface area contributed by atoms with Gasteiger partial charge in [-0.1, -0.05) is 0 Å². The van der Waals surface area contributed by atoms with Crippen LogP contribution in [-0.2, 0) is 0 Å². The molecule has 0 saturated heterocycles. The van der Waals surface area contributed by atoms with Gasteiger partial charge in [0.05, 0.1) is 0 Å². The first-order chi connectivity index (χ1) is 11.8. The number of hydrogen-bond acceptors (Lipinski definition) is 2. The van der Waals surface area contributed by atoms with Crippen molar-refractivity contribution in [2.45, 2.75) is 72.6 Å². The van der Waals surface area contributed by atoms with Crippen molar-refractivity contribution in [2.75, 3.05) is 0 Å². The van der Waals surface area contributed by atoms with Crippen molar-refractivity contribution in [1.82, 2.24) is 4.98 Å². The Balaban J connectivity index is 2.31. The predicted molar refractivity (Wildman–Crippen MR) is 106 cm³/mol. The van der Waals surface area contributed by atoms with Crippen LogP contribution in [-0.4, -0.2) is 23.4 Å². The average Bonchev–Trinajstić information content (AvgIpc) is 3.13. The quantitative estimate of drug-likeness (QED) is 0.383. The molecular weight excluding hydrogens is 401 g/mol. The van der Waals surface area contributed by atoms with Gasteiger partial charge in [0.1, 0.15) is 0 Å². The average molecular weight is 434 g/mol. The van der Waals surface area contributed by atoms with Crippen molar-refractivity contribution < 1.29 is 4.42 Å². The third kappa shape index (κ3) is 5.11. The Bertz CT molecular complexity index is 557. The normalized spacial score (nSPS) is 11.8. The number of nitrogens with zero attached hydrogens (tertiary/aromatic N) is 1. The summed E-state index contributed by atoms with van der Waals surface area (Å²) in [5.74, 6) is 0.816. The summed E-state index contributed by atoms with van der Waals surface area (Å²) in [5.41, 5.74) is 1.10. The van der Waals surface area contributed by atoms with E-state index in [1.54, 1.807) is 0 Å². The molecule has 0 aliphatic carbocycles. The molecule has 2 nitrogen and oxygen atoms in total. The Morgan fingerprint density at radius 3 is 1.88 bits per heavy atom. The van der Waals surface area contributed by atoms with Gasteiger partial charge in [-0.2, -0.15) is 0 Å². The molecule has 1 aromatic carbocycles. The number of benzene rings is 1. The van der Waals surface area contributed by atoms with E-state index >= 15 is 0 Å². The van der Waals surface area contributed by atoms with Crippen molar-refractivity contribution in [1.29, 1.82) is 0 Å². The van der Waals surface area contributed by atoms with Gasteiger partial charge in [0.15, 0.2) is 0 Å². The van der Waals surface area contributed by atoms with Gasteiger partial charge in [0, 0.05) is 0 Å². The molecule has 2 rings (SSSR count). The first kappa shape index (κ1) is 19.6. The topological polar surface area (TPSA) is 26.0 Å². The van der Waals surface area contributed by atoms with E-state index in [1.807, 2.05) is 12.3 Å². The van der Waals surface area contributed by atoms with E-state index in [4.69, 9.17) is 9.40 Å². The number of hydrogen-bond donors (Lipinski definition) is 0. The Morgan fingerprint density at radius 2 is 1.38 bits per heavy atom. The fourth-order valence-corrected chi connectivity index (χ4v) is 18.5. The summed E-state index contributed by atoms with van der Waals surface area (Å²) in [6, 6.07) is 10.3. The second-order valence-corrected chi connectivity index (χ2v) is 20.0. The van der Waals surface area contributed by atoms with Crippen molar-refractivity contribution >= 4 is 22.1 Å². The summed E-state index contributed by atoms with van der Waals surface area (Å²) in [6.07, 6.45) is 9.98. The molecule has 0 amide bonds. The van der Waals surface area contributed by atoms with E-state index in [0.29, 0.717) is 0 Å². The first-order valence-corrected chi connectivity index (χ1v) is 17.2. The molecule has 132 valence electrons. The molecule has 0 bridgehead atoms. The van der Waals surface area contributed by atoms with E-state index in [-0.39, 0.29) is 0 Å². The predicted octanol–water partition coefficient (Wildman–Crippen LogP) is 6.40. The number of aromatic nitrogens is 1. The molecule has 24 heavy (non-hydrogen) atoms. The van der Waals surface area contributed by atoms with Crippen LogP contribution >= 0.6 is 0 Å². The molecule has 0 unspecified atom stereocenters. The van der Waals surface area contributed by atoms with Gasteiger partial charge >= 0.3 is 152 Å². The summed E-state index contributed by atoms with van der Waals surface area (Å²) in [4.78, 5) is 5.04. The van der Waals surface area contributed by atoms with Gasteiger partial charge < -0.3 is 0 Å². The van der Waals surface area contributed by atoms with Crippen LogP contribution in [0.5, 0.6) is 0 Å². The standard InChI is InChI=1S/C9H6NO.3C4H9.Sn/c1-2-4-8(5-3-1)9-10-6-7-11-9;3*1-3-4-2;/h1-5,7H;3*1,3-4H2,2H3;. The number of rotatable bonds is 11. The maximum atomic E-state index is 5.94. The minimum absolute atomic E-state index is 0.816. The molecular formula is C21H33NOSn. The van der Waals surface area contributed by atoms with Gasteiger partial charge in [-0.05, 0) is 0 Å². The second kappa shape index (κ2) is 10.3. The fourth-order valence-electron chi connectivity index (χ4n) is 3.54. The zero-order chi connectivity index (χ0) is 17.3.